The van der Waals surface area contributed by atoms with Crippen LogP contribution in [0, 0.1) is 0 Å². The van der Waals surface area contributed by atoms with E-state index in [1.54, 1.807) is 44.4 Å². The first-order valence-corrected chi connectivity index (χ1v) is 7.86. The van der Waals surface area contributed by atoms with Crippen LogP contribution in [0.1, 0.15) is 20.8 Å². The predicted octanol–water partition coefficient (Wildman–Crippen LogP) is 3.89. The van der Waals surface area contributed by atoms with E-state index >= 15 is 0 Å². The highest BCUT2D eigenvalue weighted by Gasteiger charge is 2.15. The van der Waals surface area contributed by atoms with Crippen molar-refractivity contribution in [1.29, 1.82) is 0 Å². The minimum absolute atomic E-state index is 0.0771. The van der Waals surface area contributed by atoms with Crippen molar-refractivity contribution in [3.05, 3.63) is 48.5 Å². The van der Waals surface area contributed by atoms with E-state index in [1.807, 2.05) is 32.0 Å². The Balaban J connectivity index is 1.95. The van der Waals surface area contributed by atoms with Gasteiger partial charge in [-0.15, -0.1) is 0 Å². The molecule has 1 amide bonds. The van der Waals surface area contributed by atoms with E-state index in [2.05, 4.69) is 5.32 Å². The zero-order chi connectivity index (χ0) is 17.5. The number of ether oxygens (including phenoxy) is 3. The topological polar surface area (TPSA) is 56.8 Å². The molecule has 0 fully saturated rings. The molecule has 1 atom stereocenters. The van der Waals surface area contributed by atoms with Gasteiger partial charge in [-0.2, -0.15) is 0 Å². The maximum absolute atomic E-state index is 12.3. The molecule has 0 aliphatic rings. The van der Waals surface area contributed by atoms with Gasteiger partial charge in [-0.05, 0) is 57.2 Å². The van der Waals surface area contributed by atoms with Gasteiger partial charge in [-0.3, -0.25) is 4.79 Å². The molecule has 5 heteroatoms. The van der Waals surface area contributed by atoms with Gasteiger partial charge in [-0.1, -0.05) is 6.07 Å². The van der Waals surface area contributed by atoms with Crippen molar-refractivity contribution in [3.8, 4) is 17.2 Å². The molecule has 0 aromatic heterocycles. The van der Waals surface area contributed by atoms with Gasteiger partial charge in [0.05, 0.1) is 13.2 Å². The lowest BCUT2D eigenvalue weighted by atomic mass is 10.2. The van der Waals surface area contributed by atoms with Crippen LogP contribution < -0.4 is 19.5 Å². The van der Waals surface area contributed by atoms with Crippen LogP contribution in [0.2, 0.25) is 0 Å². The average molecular weight is 329 g/mol. The fourth-order valence-corrected chi connectivity index (χ4v) is 2.08. The number of methoxy groups -OCH3 is 1. The van der Waals surface area contributed by atoms with Crippen molar-refractivity contribution in [2.75, 3.05) is 12.4 Å². The number of amides is 1. The molecular formula is C19H23NO4. The summed E-state index contributed by atoms with van der Waals surface area (Å²) in [5.74, 6) is 1.83. The quantitative estimate of drug-likeness (QED) is 0.837. The normalized spacial score (nSPS) is 11.7. The summed E-state index contributed by atoms with van der Waals surface area (Å²) in [6.45, 7) is 5.61. The van der Waals surface area contributed by atoms with E-state index in [9.17, 15) is 4.79 Å². The SMILES string of the molecule is COc1ccc(O[C@@H](C)C(=O)Nc2cccc(OC(C)C)c2)cc1. The lowest BCUT2D eigenvalue weighted by Gasteiger charge is -2.16. The van der Waals surface area contributed by atoms with Gasteiger partial charge in [0.25, 0.3) is 5.91 Å². The molecule has 5 nitrogen and oxygen atoms in total. The van der Waals surface area contributed by atoms with E-state index in [-0.39, 0.29) is 12.0 Å². The van der Waals surface area contributed by atoms with Gasteiger partial charge >= 0.3 is 0 Å². The number of carbonyl (C=O) groups is 1. The molecule has 128 valence electrons. The highest BCUT2D eigenvalue weighted by molar-refractivity contribution is 5.94. The number of nitrogens with one attached hydrogen (secondary N) is 1. The predicted molar refractivity (Wildman–Crippen MR) is 93.9 cm³/mol. The minimum Gasteiger partial charge on any atom is -0.497 e. The number of anilines is 1. The second-order valence-electron chi connectivity index (χ2n) is 5.62. The van der Waals surface area contributed by atoms with Gasteiger partial charge < -0.3 is 19.5 Å². The van der Waals surface area contributed by atoms with Crippen LogP contribution in [0.25, 0.3) is 0 Å². The van der Waals surface area contributed by atoms with Crippen molar-refractivity contribution in [2.45, 2.75) is 33.0 Å². The van der Waals surface area contributed by atoms with Gasteiger partial charge in [-0.25, -0.2) is 0 Å². The number of benzene rings is 2. The van der Waals surface area contributed by atoms with Crippen LogP contribution in [0.4, 0.5) is 5.69 Å². The maximum Gasteiger partial charge on any atom is 0.265 e. The molecule has 2 aromatic rings. The molecule has 24 heavy (non-hydrogen) atoms. The van der Waals surface area contributed by atoms with E-state index < -0.39 is 6.10 Å². The molecule has 0 spiro atoms. The second-order valence-corrected chi connectivity index (χ2v) is 5.62. The zero-order valence-corrected chi connectivity index (χ0v) is 14.4. The van der Waals surface area contributed by atoms with Crippen LogP contribution in [0.5, 0.6) is 17.2 Å². The second kappa shape index (κ2) is 8.24. The molecule has 0 bridgehead atoms. The summed E-state index contributed by atoms with van der Waals surface area (Å²) in [6, 6.07) is 14.4. The Morgan fingerprint density at radius 3 is 2.21 bits per heavy atom. The summed E-state index contributed by atoms with van der Waals surface area (Å²) in [5, 5.41) is 2.83. The largest absolute Gasteiger partial charge is 0.497 e. The van der Waals surface area contributed by atoms with E-state index in [1.165, 1.54) is 0 Å². The molecule has 0 saturated carbocycles. The van der Waals surface area contributed by atoms with Crippen molar-refractivity contribution in [1.82, 2.24) is 0 Å². The summed E-state index contributed by atoms with van der Waals surface area (Å²) < 4.78 is 16.4. The van der Waals surface area contributed by atoms with Gasteiger partial charge in [0, 0.05) is 11.8 Å². The first-order chi connectivity index (χ1) is 11.5. The minimum atomic E-state index is -0.631. The third kappa shape index (κ3) is 5.19. The highest BCUT2D eigenvalue weighted by Crippen LogP contribution is 2.20. The third-order valence-corrected chi connectivity index (χ3v) is 3.21. The Hall–Kier alpha value is -2.69. The Kier molecular flexibility index (Phi) is 6.07. The Morgan fingerprint density at radius 2 is 1.58 bits per heavy atom. The van der Waals surface area contributed by atoms with E-state index in [0.29, 0.717) is 17.2 Å². The summed E-state index contributed by atoms with van der Waals surface area (Å²) >= 11 is 0. The van der Waals surface area contributed by atoms with Crippen molar-refractivity contribution in [2.24, 2.45) is 0 Å². The van der Waals surface area contributed by atoms with Crippen molar-refractivity contribution < 1.29 is 19.0 Å². The maximum atomic E-state index is 12.3. The van der Waals surface area contributed by atoms with Crippen LogP contribution in [0.3, 0.4) is 0 Å². The van der Waals surface area contributed by atoms with Gasteiger partial charge in [0.15, 0.2) is 6.10 Å². The van der Waals surface area contributed by atoms with Crippen LogP contribution in [-0.2, 0) is 4.79 Å². The Morgan fingerprint density at radius 1 is 0.917 bits per heavy atom. The van der Waals surface area contributed by atoms with E-state index in [0.717, 1.165) is 5.75 Å². The third-order valence-electron chi connectivity index (χ3n) is 3.21. The van der Waals surface area contributed by atoms with Gasteiger partial charge in [0.2, 0.25) is 0 Å². The summed E-state index contributed by atoms with van der Waals surface area (Å²) in [7, 11) is 1.60. The van der Waals surface area contributed by atoms with Crippen LogP contribution in [0.15, 0.2) is 48.5 Å². The molecule has 0 aliphatic heterocycles. The summed E-state index contributed by atoms with van der Waals surface area (Å²) in [6.07, 6.45) is -0.554. The molecule has 2 aromatic carbocycles. The molecule has 2 rings (SSSR count). The lowest BCUT2D eigenvalue weighted by molar-refractivity contribution is -0.122. The average Bonchev–Trinajstić information content (AvgIpc) is 2.55. The number of hydrogen-bond acceptors (Lipinski definition) is 4. The summed E-state index contributed by atoms with van der Waals surface area (Å²) in [4.78, 5) is 12.3. The van der Waals surface area contributed by atoms with Gasteiger partial charge in [0.1, 0.15) is 17.2 Å². The molecule has 0 heterocycles. The monoisotopic (exact) mass is 329 g/mol. The molecular weight excluding hydrogens is 306 g/mol. The fourth-order valence-electron chi connectivity index (χ4n) is 2.08. The first kappa shape index (κ1) is 17.7. The Labute approximate surface area is 142 Å². The number of rotatable bonds is 7. The lowest BCUT2D eigenvalue weighted by Crippen LogP contribution is -2.30. The zero-order valence-electron chi connectivity index (χ0n) is 14.4. The Bertz CT molecular complexity index is 667. The molecule has 1 N–H and O–H groups in total. The standard InChI is InChI=1S/C19H23NO4/c1-13(2)23-18-7-5-6-15(12-18)20-19(21)14(3)24-17-10-8-16(22-4)9-11-17/h5-14H,1-4H3,(H,20,21)/t14-/m0/s1. The van der Waals surface area contributed by atoms with E-state index in [4.69, 9.17) is 14.2 Å². The molecule has 0 aliphatic carbocycles. The van der Waals surface area contributed by atoms with Crippen molar-refractivity contribution >= 4 is 11.6 Å². The molecule has 0 radical (unpaired) electrons. The number of carbonyl (C=O) groups excluding carboxylic acids is 1. The number of hydrogen-bond donors (Lipinski definition) is 1. The first-order valence-electron chi connectivity index (χ1n) is 7.86. The smallest absolute Gasteiger partial charge is 0.265 e. The molecule has 0 saturated heterocycles. The van der Waals surface area contributed by atoms with Crippen LogP contribution >= 0.6 is 0 Å². The van der Waals surface area contributed by atoms with Crippen molar-refractivity contribution in [3.63, 3.8) is 0 Å². The fraction of sp³-hybridized carbons (Fsp3) is 0.316. The summed E-state index contributed by atoms with van der Waals surface area (Å²) in [5.41, 5.74) is 0.670. The molecule has 0 unspecified atom stereocenters. The van der Waals surface area contributed by atoms with Crippen LogP contribution in [-0.4, -0.2) is 25.2 Å². The highest BCUT2D eigenvalue weighted by atomic mass is 16.5.